The molecule has 2 N–H and O–H groups in total. The molecule has 1 saturated heterocycles. The van der Waals surface area contributed by atoms with Crippen LogP contribution in [0.4, 0.5) is 0 Å². The summed E-state index contributed by atoms with van der Waals surface area (Å²) in [5, 5.41) is 15.0. The van der Waals surface area contributed by atoms with Crippen molar-refractivity contribution in [3.05, 3.63) is 67.0 Å². The maximum absolute atomic E-state index is 9.78. The van der Waals surface area contributed by atoms with Gasteiger partial charge < -0.3 is 9.84 Å². The summed E-state index contributed by atoms with van der Waals surface area (Å²) in [6.07, 6.45) is 3.86. The van der Waals surface area contributed by atoms with E-state index in [1.807, 2.05) is 30.5 Å². The molecule has 0 saturated carbocycles. The molecule has 3 unspecified atom stereocenters. The van der Waals surface area contributed by atoms with Crippen molar-refractivity contribution in [1.29, 1.82) is 0 Å². The lowest BCUT2D eigenvalue weighted by atomic mass is 10.00. The highest BCUT2D eigenvalue weighted by atomic mass is 16.5. The number of nitrogens with zero attached hydrogens (tertiary/aromatic N) is 2. The number of aromatic nitrogens is 2. The molecular weight excluding hydrogens is 362 g/mol. The number of aliphatic hydroxyl groups excluding tert-OH is 1. The quantitative estimate of drug-likeness (QED) is 0.553. The molecule has 4 aromatic rings. The molecule has 29 heavy (non-hydrogen) atoms. The molecule has 146 valence electrons. The summed E-state index contributed by atoms with van der Waals surface area (Å²) in [6, 6.07) is 18.5. The van der Waals surface area contributed by atoms with Crippen molar-refractivity contribution in [3.63, 3.8) is 0 Å². The fourth-order valence-electron chi connectivity index (χ4n) is 4.06. The van der Waals surface area contributed by atoms with Crippen molar-refractivity contribution in [2.45, 2.75) is 25.7 Å². The number of aliphatic hydroxyl groups is 1. The lowest BCUT2D eigenvalue weighted by Gasteiger charge is -2.22. The van der Waals surface area contributed by atoms with Crippen LogP contribution in [0.25, 0.3) is 32.9 Å². The van der Waals surface area contributed by atoms with Gasteiger partial charge >= 0.3 is 0 Å². The fraction of sp³-hybridized carbons (Fsp3) is 0.250. The van der Waals surface area contributed by atoms with Gasteiger partial charge in [0.15, 0.2) is 0 Å². The number of nitrogens with one attached hydrogen (secondary N) is 1. The van der Waals surface area contributed by atoms with Gasteiger partial charge in [-0.3, -0.25) is 15.3 Å². The van der Waals surface area contributed by atoms with Crippen molar-refractivity contribution in [2.24, 2.45) is 5.92 Å². The molecule has 0 radical (unpaired) electrons. The van der Waals surface area contributed by atoms with E-state index >= 15 is 0 Å². The summed E-state index contributed by atoms with van der Waals surface area (Å²) in [5.41, 5.74) is 4.05. The SMILES string of the molecule is CC(Oc1cc(-c2ccc3ncccc3c2)cc2ncccc12)C1CNC(O)C1. The second-order valence-electron chi connectivity index (χ2n) is 7.70. The minimum absolute atomic E-state index is 0.0147. The predicted molar refractivity (Wildman–Crippen MR) is 115 cm³/mol. The Morgan fingerprint density at radius 1 is 1.00 bits per heavy atom. The van der Waals surface area contributed by atoms with E-state index in [0.717, 1.165) is 45.2 Å². The summed E-state index contributed by atoms with van der Waals surface area (Å²) in [5.74, 6) is 1.10. The number of ether oxygens (including phenoxy) is 1. The van der Waals surface area contributed by atoms with Gasteiger partial charge in [0.25, 0.3) is 0 Å². The lowest BCUT2D eigenvalue weighted by molar-refractivity contribution is 0.128. The first kappa shape index (κ1) is 18.0. The van der Waals surface area contributed by atoms with Crippen molar-refractivity contribution in [1.82, 2.24) is 15.3 Å². The molecule has 3 heterocycles. The van der Waals surface area contributed by atoms with Crippen LogP contribution < -0.4 is 10.1 Å². The Labute approximate surface area is 169 Å². The van der Waals surface area contributed by atoms with Gasteiger partial charge in [0.05, 0.1) is 11.0 Å². The third kappa shape index (κ3) is 3.55. The maximum Gasteiger partial charge on any atom is 0.129 e. The Hall–Kier alpha value is -3.02. The Bertz CT molecular complexity index is 1180. The van der Waals surface area contributed by atoms with Gasteiger partial charge in [0.1, 0.15) is 18.1 Å². The van der Waals surface area contributed by atoms with E-state index < -0.39 is 6.23 Å². The Kier molecular flexibility index (Phi) is 4.62. The van der Waals surface area contributed by atoms with E-state index in [2.05, 4.69) is 52.5 Å². The Morgan fingerprint density at radius 3 is 2.66 bits per heavy atom. The van der Waals surface area contributed by atoms with Gasteiger partial charge in [-0.05, 0) is 66.9 Å². The van der Waals surface area contributed by atoms with Crippen LogP contribution in [-0.2, 0) is 0 Å². The van der Waals surface area contributed by atoms with Gasteiger partial charge in [-0.2, -0.15) is 0 Å². The van der Waals surface area contributed by atoms with E-state index in [0.29, 0.717) is 6.42 Å². The van der Waals surface area contributed by atoms with Gasteiger partial charge in [-0.15, -0.1) is 0 Å². The molecule has 5 rings (SSSR count). The standard InChI is InChI=1S/C24H23N3O2/c1-15(19-13-24(28)27-14-19)29-23-12-18(11-22-20(23)5-3-9-26-22)16-6-7-21-17(10-16)4-2-8-25-21/h2-12,15,19,24,27-28H,13-14H2,1H3. The van der Waals surface area contributed by atoms with Gasteiger partial charge in [0.2, 0.25) is 0 Å². The number of benzene rings is 2. The lowest BCUT2D eigenvalue weighted by Crippen LogP contribution is -2.25. The second-order valence-corrected chi connectivity index (χ2v) is 7.70. The number of hydrogen-bond donors (Lipinski definition) is 2. The molecule has 5 nitrogen and oxygen atoms in total. The molecule has 0 bridgehead atoms. The minimum Gasteiger partial charge on any atom is -0.490 e. The molecule has 0 aliphatic carbocycles. The van der Waals surface area contributed by atoms with Crippen LogP contribution in [0.15, 0.2) is 67.0 Å². The third-order valence-electron chi connectivity index (χ3n) is 5.74. The summed E-state index contributed by atoms with van der Waals surface area (Å²) >= 11 is 0. The summed E-state index contributed by atoms with van der Waals surface area (Å²) in [7, 11) is 0. The van der Waals surface area contributed by atoms with E-state index in [9.17, 15) is 5.11 Å². The van der Waals surface area contributed by atoms with E-state index in [4.69, 9.17) is 4.74 Å². The monoisotopic (exact) mass is 385 g/mol. The Balaban J connectivity index is 1.56. The Morgan fingerprint density at radius 2 is 1.83 bits per heavy atom. The summed E-state index contributed by atoms with van der Waals surface area (Å²) < 4.78 is 6.41. The normalized spacial score (nSPS) is 20.2. The zero-order valence-electron chi connectivity index (χ0n) is 16.2. The zero-order chi connectivity index (χ0) is 19.8. The highest BCUT2D eigenvalue weighted by molar-refractivity contribution is 5.92. The number of rotatable bonds is 4. The number of pyridine rings is 2. The highest BCUT2D eigenvalue weighted by Gasteiger charge is 2.28. The van der Waals surface area contributed by atoms with Crippen LogP contribution in [0.3, 0.4) is 0 Å². The van der Waals surface area contributed by atoms with Crippen LogP contribution in [-0.4, -0.2) is 34.0 Å². The van der Waals surface area contributed by atoms with Gasteiger partial charge in [0, 0.05) is 35.6 Å². The molecule has 1 aliphatic heterocycles. The largest absolute Gasteiger partial charge is 0.490 e. The van der Waals surface area contributed by atoms with Crippen molar-refractivity contribution < 1.29 is 9.84 Å². The smallest absolute Gasteiger partial charge is 0.129 e. The van der Waals surface area contributed by atoms with Crippen LogP contribution in [0.5, 0.6) is 5.75 Å². The van der Waals surface area contributed by atoms with E-state index in [1.54, 1.807) is 6.20 Å². The average molecular weight is 385 g/mol. The van der Waals surface area contributed by atoms with Gasteiger partial charge in [-0.25, -0.2) is 0 Å². The molecule has 2 aromatic carbocycles. The zero-order valence-corrected chi connectivity index (χ0v) is 16.2. The first-order chi connectivity index (χ1) is 14.2. The van der Waals surface area contributed by atoms with Crippen molar-refractivity contribution >= 4 is 21.8 Å². The molecule has 0 spiro atoms. The van der Waals surface area contributed by atoms with Crippen molar-refractivity contribution in [2.75, 3.05) is 6.54 Å². The number of fused-ring (bicyclic) bond motifs is 2. The predicted octanol–water partition coefficient (Wildman–Crippen LogP) is 4.15. The van der Waals surface area contributed by atoms with Crippen LogP contribution in [0.2, 0.25) is 0 Å². The molecule has 5 heteroatoms. The topological polar surface area (TPSA) is 67.3 Å². The molecule has 1 aliphatic rings. The van der Waals surface area contributed by atoms with Crippen molar-refractivity contribution in [3.8, 4) is 16.9 Å². The average Bonchev–Trinajstić information content (AvgIpc) is 3.20. The molecular formula is C24H23N3O2. The minimum atomic E-state index is -0.443. The number of hydrogen-bond acceptors (Lipinski definition) is 5. The summed E-state index contributed by atoms with van der Waals surface area (Å²) in [4.78, 5) is 8.97. The summed E-state index contributed by atoms with van der Waals surface area (Å²) in [6.45, 7) is 2.83. The van der Waals surface area contributed by atoms with E-state index in [-0.39, 0.29) is 12.0 Å². The van der Waals surface area contributed by atoms with Crippen LogP contribution >= 0.6 is 0 Å². The first-order valence-electron chi connectivity index (χ1n) is 9.99. The van der Waals surface area contributed by atoms with Gasteiger partial charge in [-0.1, -0.05) is 12.1 Å². The maximum atomic E-state index is 9.78. The molecule has 2 aromatic heterocycles. The first-order valence-corrected chi connectivity index (χ1v) is 9.99. The second kappa shape index (κ2) is 7.43. The third-order valence-corrected chi connectivity index (χ3v) is 5.74. The fourth-order valence-corrected chi connectivity index (χ4v) is 4.06. The van der Waals surface area contributed by atoms with Crippen LogP contribution in [0.1, 0.15) is 13.3 Å². The molecule has 3 atom stereocenters. The highest BCUT2D eigenvalue weighted by Crippen LogP contribution is 2.34. The van der Waals surface area contributed by atoms with E-state index in [1.165, 1.54) is 0 Å². The molecule has 0 amide bonds. The molecule has 1 fully saturated rings. The van der Waals surface area contributed by atoms with Crippen LogP contribution in [0, 0.1) is 5.92 Å².